The van der Waals surface area contributed by atoms with Crippen molar-refractivity contribution in [3.8, 4) is 39.5 Å². The van der Waals surface area contributed by atoms with E-state index in [1.807, 2.05) is 37.3 Å². The molecule has 0 saturated heterocycles. The number of allylic oxidation sites excluding steroid dienone is 1. The van der Waals surface area contributed by atoms with Gasteiger partial charge in [0.2, 0.25) is 0 Å². The smallest absolute Gasteiger partial charge is 0.0774 e. The van der Waals surface area contributed by atoms with Crippen LogP contribution in [0.3, 0.4) is 0 Å². The van der Waals surface area contributed by atoms with Gasteiger partial charge in [-0.1, -0.05) is 113 Å². The second-order valence-corrected chi connectivity index (χ2v) is 11.8. The number of thiophene rings is 1. The van der Waals surface area contributed by atoms with Gasteiger partial charge in [0, 0.05) is 36.1 Å². The molecule has 3 nitrogen and oxygen atoms in total. The molecule has 0 aliphatic heterocycles. The Hall–Kier alpha value is -4.93. The van der Waals surface area contributed by atoms with Crippen LogP contribution in [0, 0.1) is 18.3 Å². The molecule has 5 aromatic carbocycles. The van der Waals surface area contributed by atoms with E-state index in [1.54, 1.807) is 29.5 Å². The summed E-state index contributed by atoms with van der Waals surface area (Å²) >= 11 is 1.63. The van der Waals surface area contributed by atoms with Gasteiger partial charge in [-0.2, -0.15) is 0 Å². The standard InChI is InChI=1S/C30H21N2S.C12H10N.Ir/c1-20(2)23-14-17-29-25(18-23)26(19-33-29)30-31-27-10-6-7-11-28(27)32(30)24-15-12-22(13-16-24)21-8-4-3-5-9-21;1-10-7-8-12(13-9-10)11-5-3-2-4-6-11;/h3-18H,1H2,2H3;2-5,7-9H,1H3;/q2*-1;/i;1D3;. The van der Waals surface area contributed by atoms with Crippen LogP contribution in [0.15, 0.2) is 146 Å². The molecular weight excluding hydrogens is 771 g/mol. The van der Waals surface area contributed by atoms with Crippen molar-refractivity contribution in [1.29, 1.82) is 0 Å². The molecule has 0 bridgehead atoms. The topological polar surface area (TPSA) is 30.7 Å². The average Bonchev–Trinajstić information content (AvgIpc) is 3.74. The third-order valence-corrected chi connectivity index (χ3v) is 8.65. The van der Waals surface area contributed by atoms with Gasteiger partial charge in [-0.25, -0.2) is 0 Å². The van der Waals surface area contributed by atoms with Crippen molar-refractivity contribution < 1.29 is 24.2 Å². The van der Waals surface area contributed by atoms with Crippen molar-refractivity contribution in [3.05, 3.63) is 169 Å². The molecule has 0 aliphatic rings. The number of pyridine rings is 1. The van der Waals surface area contributed by atoms with Crippen LogP contribution in [0.5, 0.6) is 0 Å². The molecule has 0 N–H and O–H groups in total. The molecule has 0 atom stereocenters. The number of nitrogens with zero attached hydrogens (tertiary/aromatic N) is 3. The number of hydrogen-bond acceptors (Lipinski definition) is 3. The first kappa shape index (κ1) is 28.3. The number of imidazole rings is 1. The number of aryl methyl sites for hydroxylation is 1. The normalized spacial score (nSPS) is 11.9. The Balaban J connectivity index is 0.000000215. The van der Waals surface area contributed by atoms with E-state index in [0.717, 1.165) is 55.9 Å². The molecule has 1 radical (unpaired) electrons. The minimum Gasteiger partial charge on any atom is -0.333 e. The number of hydrogen-bond donors (Lipinski definition) is 0. The van der Waals surface area contributed by atoms with Crippen LogP contribution in [-0.4, -0.2) is 14.5 Å². The maximum atomic E-state index is 7.23. The van der Waals surface area contributed by atoms with Crippen molar-refractivity contribution in [2.24, 2.45) is 0 Å². The van der Waals surface area contributed by atoms with Crippen LogP contribution in [0.1, 0.15) is 22.2 Å². The van der Waals surface area contributed by atoms with Gasteiger partial charge >= 0.3 is 0 Å². The third-order valence-electron chi connectivity index (χ3n) is 7.77. The molecule has 0 fully saturated rings. The summed E-state index contributed by atoms with van der Waals surface area (Å²) in [6.07, 6.45) is 1.39. The Morgan fingerprint density at radius 2 is 1.60 bits per heavy atom. The van der Waals surface area contributed by atoms with Crippen LogP contribution in [0.4, 0.5) is 0 Å². The first-order valence-electron chi connectivity index (χ1n) is 16.4. The monoisotopic (exact) mass is 805 g/mol. The van der Waals surface area contributed by atoms with Crippen molar-refractivity contribution in [2.75, 3.05) is 0 Å². The van der Waals surface area contributed by atoms with Crippen molar-refractivity contribution in [1.82, 2.24) is 14.5 Å². The second-order valence-electron chi connectivity index (χ2n) is 11.0. The number of rotatable bonds is 5. The van der Waals surface area contributed by atoms with Crippen LogP contribution in [0.2, 0.25) is 0 Å². The van der Waals surface area contributed by atoms with Gasteiger partial charge in [-0.3, -0.25) is 16.3 Å². The van der Waals surface area contributed by atoms with Crippen LogP contribution in [-0.2, 0) is 20.1 Å². The molecule has 231 valence electrons. The number of aromatic nitrogens is 3. The molecule has 0 spiro atoms. The minimum absolute atomic E-state index is 0. The van der Waals surface area contributed by atoms with E-state index in [9.17, 15) is 0 Å². The summed E-state index contributed by atoms with van der Waals surface area (Å²) in [5.41, 5.74) is 10.6. The Labute approximate surface area is 297 Å². The third kappa shape index (κ3) is 6.79. The van der Waals surface area contributed by atoms with E-state index in [1.165, 1.54) is 22.0 Å². The summed E-state index contributed by atoms with van der Waals surface area (Å²) in [6.45, 7) is 4.08. The molecule has 5 heteroatoms. The maximum absolute atomic E-state index is 7.23. The molecule has 0 unspecified atom stereocenters. The van der Waals surface area contributed by atoms with E-state index in [-0.39, 0.29) is 25.7 Å². The number of benzene rings is 5. The fourth-order valence-electron chi connectivity index (χ4n) is 5.40. The van der Waals surface area contributed by atoms with Crippen molar-refractivity contribution in [2.45, 2.75) is 13.8 Å². The van der Waals surface area contributed by atoms with Gasteiger partial charge in [0.15, 0.2) is 0 Å². The van der Waals surface area contributed by atoms with Crippen LogP contribution in [0.25, 0.3) is 66.2 Å². The fraction of sp³-hybridized carbons (Fsp3) is 0.0476. The molecular formula is C42H31IrN3S-2. The first-order chi connectivity index (χ1) is 23.8. The largest absolute Gasteiger partial charge is 0.333 e. The van der Waals surface area contributed by atoms with Crippen LogP contribution < -0.4 is 0 Å². The number of fused-ring (bicyclic) bond motifs is 2. The van der Waals surface area contributed by atoms with E-state index in [4.69, 9.17) is 9.10 Å². The van der Waals surface area contributed by atoms with E-state index in [0.29, 0.717) is 0 Å². The van der Waals surface area contributed by atoms with Crippen molar-refractivity contribution >= 4 is 38.0 Å². The minimum atomic E-state index is -2.09. The SMILES string of the molecule is C=C(C)c1ccc2s[c-]c(-c3nc4ccccc4n3-c3ccc(-c4ccccc4)cc3)c2c1.[2H]C([2H])([2H])c1ccc(-c2[c-]cccc2)nc1.[Ir]. The predicted octanol–water partition coefficient (Wildman–Crippen LogP) is 11.3. The van der Waals surface area contributed by atoms with Gasteiger partial charge in [0.05, 0.1) is 16.9 Å². The Morgan fingerprint density at radius 1 is 0.830 bits per heavy atom. The zero-order valence-corrected chi connectivity index (χ0v) is 28.8. The summed E-state index contributed by atoms with van der Waals surface area (Å²) in [5, 5.41) is 4.70. The molecule has 3 aromatic heterocycles. The molecule has 47 heavy (non-hydrogen) atoms. The van der Waals surface area contributed by atoms with Gasteiger partial charge in [-0.05, 0) is 66.0 Å². The molecule has 3 heterocycles. The maximum Gasteiger partial charge on any atom is 0.0774 e. The summed E-state index contributed by atoms with van der Waals surface area (Å²) in [7, 11) is 0. The zero-order valence-electron chi connectivity index (χ0n) is 28.6. The first-order valence-corrected chi connectivity index (χ1v) is 15.8. The Kier molecular flexibility index (Phi) is 8.57. The second kappa shape index (κ2) is 14.2. The van der Waals surface area contributed by atoms with E-state index < -0.39 is 6.85 Å². The van der Waals surface area contributed by atoms with Gasteiger partial charge in [0.1, 0.15) is 0 Å². The Morgan fingerprint density at radius 3 is 2.32 bits per heavy atom. The summed E-state index contributed by atoms with van der Waals surface area (Å²) in [5.74, 6) is 0.911. The summed E-state index contributed by atoms with van der Waals surface area (Å²) < 4.78 is 25.1. The summed E-state index contributed by atoms with van der Waals surface area (Å²) in [4.78, 5) is 9.18. The molecule has 0 saturated carbocycles. The van der Waals surface area contributed by atoms with Gasteiger partial charge < -0.3 is 9.55 Å². The number of para-hydroxylation sites is 2. The average molecular weight is 805 g/mol. The summed E-state index contributed by atoms with van der Waals surface area (Å²) in [6, 6.07) is 47.7. The predicted molar refractivity (Wildman–Crippen MR) is 194 cm³/mol. The van der Waals surface area contributed by atoms with Gasteiger partial charge in [-0.15, -0.1) is 41.3 Å². The van der Waals surface area contributed by atoms with Crippen molar-refractivity contribution in [3.63, 3.8) is 0 Å². The van der Waals surface area contributed by atoms with Crippen LogP contribution >= 0.6 is 11.3 Å². The molecule has 8 rings (SSSR count). The zero-order chi connectivity index (χ0) is 34.0. The van der Waals surface area contributed by atoms with E-state index in [2.05, 4.69) is 113 Å². The van der Waals surface area contributed by atoms with Gasteiger partial charge in [0.25, 0.3) is 0 Å². The fourth-order valence-corrected chi connectivity index (χ4v) is 6.22. The molecule has 0 aliphatic carbocycles. The quantitative estimate of drug-likeness (QED) is 0.162. The molecule has 0 amide bonds. The molecule has 8 aromatic rings. The Bertz CT molecular complexity index is 2380. The van der Waals surface area contributed by atoms with E-state index >= 15 is 0 Å².